The van der Waals surface area contributed by atoms with E-state index in [9.17, 15) is 9.59 Å². The van der Waals surface area contributed by atoms with Gasteiger partial charge in [0, 0.05) is 19.4 Å². The number of rotatable bonds is 18. The largest absolute Gasteiger partial charge is 0.481 e. The molecule has 4 nitrogen and oxygen atoms in total. The SMILES string of the molecule is O=CCCCCCCCN(CCCCCCCC(=O)O)Cc1ccccc1. The van der Waals surface area contributed by atoms with Crippen molar-refractivity contribution in [1.82, 2.24) is 4.90 Å². The molecule has 0 bridgehead atoms. The molecule has 1 N–H and O–H groups in total. The van der Waals surface area contributed by atoms with Crippen LogP contribution in [0.3, 0.4) is 0 Å². The number of unbranched alkanes of at least 4 members (excludes halogenated alkanes) is 9. The molecule has 4 heteroatoms. The van der Waals surface area contributed by atoms with Crippen LogP contribution in [0.2, 0.25) is 0 Å². The molecule has 0 aliphatic rings. The van der Waals surface area contributed by atoms with Gasteiger partial charge in [-0.15, -0.1) is 0 Å². The van der Waals surface area contributed by atoms with Crippen molar-refractivity contribution in [1.29, 1.82) is 0 Å². The monoisotopic (exact) mass is 375 g/mol. The fourth-order valence-corrected chi connectivity index (χ4v) is 3.35. The summed E-state index contributed by atoms with van der Waals surface area (Å²) in [4.78, 5) is 23.4. The molecule has 0 aromatic heterocycles. The van der Waals surface area contributed by atoms with E-state index in [0.717, 1.165) is 58.0 Å². The lowest BCUT2D eigenvalue weighted by atomic mass is 10.1. The maximum atomic E-state index is 10.5. The van der Waals surface area contributed by atoms with Crippen LogP contribution in [-0.2, 0) is 16.1 Å². The molecule has 0 saturated carbocycles. The molecule has 27 heavy (non-hydrogen) atoms. The molecular weight excluding hydrogens is 338 g/mol. The second-order valence-corrected chi connectivity index (χ2v) is 7.40. The van der Waals surface area contributed by atoms with Crippen LogP contribution >= 0.6 is 0 Å². The molecule has 0 atom stereocenters. The topological polar surface area (TPSA) is 57.6 Å². The van der Waals surface area contributed by atoms with Crippen molar-refractivity contribution >= 4 is 12.3 Å². The predicted octanol–water partition coefficient (Wildman–Crippen LogP) is 5.45. The Kier molecular flexibility index (Phi) is 14.3. The van der Waals surface area contributed by atoms with Gasteiger partial charge < -0.3 is 9.90 Å². The van der Waals surface area contributed by atoms with E-state index < -0.39 is 5.97 Å². The molecule has 0 amide bonds. The Labute approximate surface area is 165 Å². The Morgan fingerprint density at radius 2 is 1.37 bits per heavy atom. The molecule has 0 aliphatic heterocycles. The average molecular weight is 376 g/mol. The van der Waals surface area contributed by atoms with Crippen LogP contribution in [0, 0.1) is 0 Å². The van der Waals surface area contributed by atoms with Gasteiger partial charge in [-0.1, -0.05) is 68.9 Å². The van der Waals surface area contributed by atoms with E-state index in [-0.39, 0.29) is 0 Å². The summed E-state index contributed by atoms with van der Waals surface area (Å²) in [6, 6.07) is 10.6. The minimum atomic E-state index is -0.685. The highest BCUT2D eigenvalue weighted by atomic mass is 16.4. The van der Waals surface area contributed by atoms with Crippen molar-refractivity contribution in [3.8, 4) is 0 Å². The molecule has 152 valence electrons. The first-order valence-electron chi connectivity index (χ1n) is 10.6. The van der Waals surface area contributed by atoms with Crippen LogP contribution in [0.5, 0.6) is 0 Å². The maximum Gasteiger partial charge on any atom is 0.303 e. The summed E-state index contributed by atoms with van der Waals surface area (Å²) in [5.41, 5.74) is 1.37. The summed E-state index contributed by atoms with van der Waals surface area (Å²) in [7, 11) is 0. The zero-order valence-electron chi connectivity index (χ0n) is 16.8. The number of carbonyl (C=O) groups is 2. The van der Waals surface area contributed by atoms with Crippen molar-refractivity contribution in [2.75, 3.05) is 13.1 Å². The van der Waals surface area contributed by atoms with E-state index >= 15 is 0 Å². The Hall–Kier alpha value is -1.68. The predicted molar refractivity (Wildman–Crippen MR) is 111 cm³/mol. The fourth-order valence-electron chi connectivity index (χ4n) is 3.35. The highest BCUT2D eigenvalue weighted by Crippen LogP contribution is 2.12. The van der Waals surface area contributed by atoms with Crippen molar-refractivity contribution < 1.29 is 14.7 Å². The van der Waals surface area contributed by atoms with E-state index in [0.29, 0.717) is 12.8 Å². The molecule has 1 rings (SSSR count). The number of hydrogen-bond acceptors (Lipinski definition) is 3. The summed E-state index contributed by atoms with van der Waals surface area (Å²) in [6.45, 7) is 3.24. The lowest BCUT2D eigenvalue weighted by Gasteiger charge is -2.22. The summed E-state index contributed by atoms with van der Waals surface area (Å²) < 4.78 is 0. The Morgan fingerprint density at radius 1 is 0.815 bits per heavy atom. The van der Waals surface area contributed by atoms with Crippen LogP contribution < -0.4 is 0 Å². The molecule has 0 radical (unpaired) electrons. The average Bonchev–Trinajstić information content (AvgIpc) is 2.66. The van der Waals surface area contributed by atoms with Gasteiger partial charge in [0.2, 0.25) is 0 Å². The van der Waals surface area contributed by atoms with Crippen LogP contribution in [0.1, 0.15) is 82.6 Å². The number of hydrogen-bond donors (Lipinski definition) is 1. The Balaban J connectivity index is 2.22. The number of benzene rings is 1. The van der Waals surface area contributed by atoms with Crippen molar-refractivity contribution in [3.63, 3.8) is 0 Å². The minimum absolute atomic E-state index is 0.299. The molecule has 0 spiro atoms. The standard InChI is InChI=1S/C23H37NO3/c25-20-14-7-2-1-5-12-18-24(21-22-15-9-8-10-16-22)19-13-6-3-4-11-17-23(26)27/h8-10,15-16,20H,1-7,11-14,17-19,21H2,(H,26,27). The highest BCUT2D eigenvalue weighted by Gasteiger charge is 2.06. The molecule has 1 aromatic rings. The lowest BCUT2D eigenvalue weighted by Crippen LogP contribution is -2.25. The van der Waals surface area contributed by atoms with Gasteiger partial charge in [-0.05, 0) is 44.3 Å². The van der Waals surface area contributed by atoms with Crippen LogP contribution in [0.25, 0.3) is 0 Å². The fraction of sp³-hybridized carbons (Fsp3) is 0.652. The Bertz CT molecular complexity index is 490. The molecule has 0 saturated heterocycles. The van der Waals surface area contributed by atoms with Gasteiger partial charge in [-0.3, -0.25) is 9.69 Å². The molecule has 1 aromatic carbocycles. The van der Waals surface area contributed by atoms with Gasteiger partial charge >= 0.3 is 5.97 Å². The molecule has 0 fully saturated rings. The van der Waals surface area contributed by atoms with E-state index in [1.807, 2.05) is 0 Å². The van der Waals surface area contributed by atoms with Gasteiger partial charge in [0.25, 0.3) is 0 Å². The summed E-state index contributed by atoms with van der Waals surface area (Å²) in [5, 5.41) is 8.67. The third-order valence-corrected chi connectivity index (χ3v) is 4.91. The lowest BCUT2D eigenvalue weighted by molar-refractivity contribution is -0.137. The third kappa shape index (κ3) is 14.1. The van der Waals surface area contributed by atoms with Gasteiger partial charge in [0.05, 0.1) is 0 Å². The molecule has 0 aliphatic carbocycles. The maximum absolute atomic E-state index is 10.5. The molecular formula is C23H37NO3. The normalized spacial score (nSPS) is 11.0. The number of nitrogens with zero attached hydrogens (tertiary/aromatic N) is 1. The van der Waals surface area contributed by atoms with Crippen LogP contribution in [0.4, 0.5) is 0 Å². The molecule has 0 heterocycles. The first kappa shape index (κ1) is 23.4. The number of carboxylic acid groups (broad SMARTS) is 1. The zero-order valence-corrected chi connectivity index (χ0v) is 16.8. The van der Waals surface area contributed by atoms with Crippen molar-refractivity contribution in [3.05, 3.63) is 35.9 Å². The molecule has 0 unspecified atom stereocenters. The number of aldehydes is 1. The first-order valence-corrected chi connectivity index (χ1v) is 10.6. The quantitative estimate of drug-likeness (QED) is 0.274. The zero-order chi connectivity index (χ0) is 19.6. The number of aliphatic carboxylic acids is 1. The van der Waals surface area contributed by atoms with Crippen molar-refractivity contribution in [2.45, 2.75) is 83.6 Å². The highest BCUT2D eigenvalue weighted by molar-refractivity contribution is 5.66. The minimum Gasteiger partial charge on any atom is -0.481 e. The van der Waals surface area contributed by atoms with Gasteiger partial charge in [0.1, 0.15) is 6.29 Å². The van der Waals surface area contributed by atoms with Gasteiger partial charge in [-0.25, -0.2) is 0 Å². The summed E-state index contributed by atoms with van der Waals surface area (Å²) >= 11 is 0. The second kappa shape index (κ2) is 16.5. The van der Waals surface area contributed by atoms with Gasteiger partial charge in [-0.2, -0.15) is 0 Å². The first-order chi connectivity index (χ1) is 13.2. The second-order valence-electron chi connectivity index (χ2n) is 7.40. The Morgan fingerprint density at radius 3 is 1.96 bits per heavy atom. The van der Waals surface area contributed by atoms with E-state index in [1.54, 1.807) is 0 Å². The van der Waals surface area contributed by atoms with E-state index in [1.165, 1.54) is 37.7 Å². The van der Waals surface area contributed by atoms with E-state index in [2.05, 4.69) is 35.2 Å². The smallest absolute Gasteiger partial charge is 0.303 e. The van der Waals surface area contributed by atoms with Crippen molar-refractivity contribution in [2.24, 2.45) is 0 Å². The number of carbonyl (C=O) groups excluding carboxylic acids is 1. The number of carboxylic acids is 1. The van der Waals surface area contributed by atoms with Gasteiger partial charge in [0.15, 0.2) is 0 Å². The van der Waals surface area contributed by atoms with E-state index in [4.69, 9.17) is 5.11 Å². The summed E-state index contributed by atoms with van der Waals surface area (Å²) in [6.07, 6.45) is 13.2. The summed E-state index contributed by atoms with van der Waals surface area (Å²) in [5.74, 6) is -0.685. The third-order valence-electron chi connectivity index (χ3n) is 4.91. The van der Waals surface area contributed by atoms with Crippen LogP contribution in [-0.4, -0.2) is 35.4 Å². The van der Waals surface area contributed by atoms with Crippen LogP contribution in [0.15, 0.2) is 30.3 Å².